The Bertz CT molecular complexity index is 1730. The average molecular weight is 707 g/mol. The number of nitrogens with one attached hydrogen (secondary N) is 1. The lowest BCUT2D eigenvalue weighted by Crippen LogP contribution is -2.54. The molecule has 3 aromatic rings. The first-order chi connectivity index (χ1) is 23.7. The number of rotatable bonds is 13. The highest BCUT2D eigenvalue weighted by atomic mass is 19.4. The predicted molar refractivity (Wildman–Crippen MR) is 171 cm³/mol. The van der Waals surface area contributed by atoms with Crippen LogP contribution in [-0.2, 0) is 22.4 Å². The molecule has 2 aliphatic heterocycles. The van der Waals surface area contributed by atoms with Gasteiger partial charge < -0.3 is 24.6 Å². The van der Waals surface area contributed by atoms with Gasteiger partial charge in [-0.25, -0.2) is 4.79 Å². The Balaban J connectivity index is 1.36. The third-order valence-electron chi connectivity index (χ3n) is 8.80. The number of fused-ring (bicyclic) bond motifs is 1. The van der Waals surface area contributed by atoms with Crippen LogP contribution in [-0.4, -0.2) is 54.2 Å². The molecule has 1 saturated heterocycles. The van der Waals surface area contributed by atoms with Gasteiger partial charge in [0.15, 0.2) is 11.5 Å². The lowest BCUT2D eigenvalue weighted by atomic mass is 9.87. The minimum absolute atomic E-state index is 0.0320. The van der Waals surface area contributed by atoms with Crippen molar-refractivity contribution < 1.29 is 55.2 Å². The summed E-state index contributed by atoms with van der Waals surface area (Å²) in [5, 5.41) is 13.0. The Morgan fingerprint density at radius 2 is 1.62 bits per heavy atom. The number of benzene rings is 3. The first-order valence-corrected chi connectivity index (χ1v) is 16.1. The van der Waals surface area contributed by atoms with Gasteiger partial charge in [0.1, 0.15) is 11.3 Å². The number of carbonyl (C=O) groups excluding carboxylic acids is 2. The summed E-state index contributed by atoms with van der Waals surface area (Å²) in [7, 11) is 0. The summed E-state index contributed by atoms with van der Waals surface area (Å²) in [6.07, 6.45) is -8.01. The van der Waals surface area contributed by atoms with Crippen molar-refractivity contribution in [3.05, 3.63) is 88.5 Å². The number of halogens is 6. The molecular formula is C36H36F6N2O6. The van der Waals surface area contributed by atoms with Gasteiger partial charge in [0.25, 0.3) is 11.5 Å². The number of aryl methyl sites for hydroxylation is 1. The van der Waals surface area contributed by atoms with Gasteiger partial charge in [-0.2, -0.15) is 26.3 Å². The molecule has 2 heterocycles. The van der Waals surface area contributed by atoms with E-state index in [4.69, 9.17) is 14.2 Å². The van der Waals surface area contributed by atoms with Gasteiger partial charge in [-0.1, -0.05) is 68.8 Å². The highest BCUT2D eigenvalue weighted by molar-refractivity contribution is 6.07. The summed E-state index contributed by atoms with van der Waals surface area (Å²) in [6.45, 7) is 3.52. The van der Waals surface area contributed by atoms with Crippen LogP contribution >= 0.6 is 0 Å². The number of nitrogens with zero attached hydrogens (tertiary/aromatic N) is 1. The van der Waals surface area contributed by atoms with E-state index in [1.807, 2.05) is 0 Å². The zero-order chi connectivity index (χ0) is 36.3. The molecule has 8 nitrogen and oxygen atoms in total. The number of amides is 3. The van der Waals surface area contributed by atoms with Gasteiger partial charge in [0, 0.05) is 17.7 Å². The topological polar surface area (TPSA) is 97.3 Å². The average Bonchev–Trinajstić information content (AvgIpc) is 3.64. The Morgan fingerprint density at radius 1 is 0.920 bits per heavy atom. The van der Waals surface area contributed by atoms with Gasteiger partial charge in [-0.05, 0) is 66.6 Å². The molecule has 0 aromatic heterocycles. The van der Waals surface area contributed by atoms with Crippen LogP contribution in [0.15, 0.2) is 60.7 Å². The molecule has 2 aliphatic rings. The monoisotopic (exact) mass is 706 g/mol. The molecule has 0 spiro atoms. The molecule has 268 valence electrons. The Kier molecular flexibility index (Phi) is 10.4. The van der Waals surface area contributed by atoms with Crippen LogP contribution in [0.3, 0.4) is 0 Å². The number of hydrogen-bond acceptors (Lipinski definition) is 6. The summed E-state index contributed by atoms with van der Waals surface area (Å²) < 4.78 is 100. The highest BCUT2D eigenvalue weighted by Crippen LogP contribution is 2.51. The number of unbranched alkanes of at least 4 members (excludes halogenated alkanes) is 1. The molecule has 0 radical (unpaired) electrons. The van der Waals surface area contributed by atoms with Crippen LogP contribution in [0.1, 0.15) is 67.3 Å². The van der Waals surface area contributed by atoms with Crippen molar-refractivity contribution in [3.63, 3.8) is 0 Å². The minimum atomic E-state index is -6.06. The first kappa shape index (κ1) is 36.6. The van der Waals surface area contributed by atoms with E-state index in [0.717, 1.165) is 4.90 Å². The lowest BCUT2D eigenvalue weighted by Gasteiger charge is -2.33. The molecular weight excluding hydrogens is 670 g/mol. The molecule has 3 amide bonds. The third kappa shape index (κ3) is 6.85. The van der Waals surface area contributed by atoms with E-state index in [1.54, 1.807) is 62.4 Å². The van der Waals surface area contributed by atoms with Gasteiger partial charge >= 0.3 is 18.4 Å². The van der Waals surface area contributed by atoms with Crippen molar-refractivity contribution in [2.24, 2.45) is 0 Å². The zero-order valence-electron chi connectivity index (χ0n) is 27.3. The van der Waals surface area contributed by atoms with E-state index >= 15 is 0 Å². The van der Waals surface area contributed by atoms with Gasteiger partial charge in [-0.15, -0.1) is 0 Å². The molecule has 1 atom stereocenters. The third-order valence-corrected chi connectivity index (χ3v) is 8.80. The maximum atomic E-state index is 13.9. The Morgan fingerprint density at radius 3 is 2.28 bits per heavy atom. The number of imide groups is 1. The van der Waals surface area contributed by atoms with E-state index in [9.17, 15) is 41.0 Å². The van der Waals surface area contributed by atoms with Crippen molar-refractivity contribution in [2.75, 3.05) is 19.9 Å². The van der Waals surface area contributed by atoms with Crippen LogP contribution in [0.5, 0.6) is 17.2 Å². The molecule has 1 fully saturated rings. The fraction of sp³-hybridized carbons (Fsp3) is 0.389. The van der Waals surface area contributed by atoms with Crippen LogP contribution in [0.4, 0.5) is 31.1 Å². The number of alkyl halides is 6. The fourth-order valence-electron chi connectivity index (χ4n) is 6.09. The second-order valence-corrected chi connectivity index (χ2v) is 12.0. The van der Waals surface area contributed by atoms with E-state index < -0.39 is 41.0 Å². The number of urea groups is 1. The molecule has 3 aromatic carbocycles. The van der Waals surface area contributed by atoms with Gasteiger partial charge in [0.05, 0.1) is 6.61 Å². The van der Waals surface area contributed by atoms with Crippen LogP contribution in [0, 0.1) is 0 Å². The van der Waals surface area contributed by atoms with Crippen LogP contribution < -0.4 is 19.5 Å². The molecule has 0 aliphatic carbocycles. The first-order valence-electron chi connectivity index (χ1n) is 16.1. The summed E-state index contributed by atoms with van der Waals surface area (Å²) in [4.78, 5) is 27.7. The van der Waals surface area contributed by atoms with Gasteiger partial charge in [0.2, 0.25) is 6.79 Å². The SMILES string of the molecule is CCCc1cc(C(O)(C(F)(F)F)C(F)(F)F)cc(/C=C/c2ccccc2)c1OCCCCN1C(=O)NC(CC)(c2ccc3c(c2)OCO3)C1=O. The number of hydrogen-bond donors (Lipinski definition) is 2. The molecule has 1 unspecified atom stereocenters. The molecule has 14 heteroatoms. The molecule has 5 rings (SSSR count). The summed E-state index contributed by atoms with van der Waals surface area (Å²) >= 11 is 0. The van der Waals surface area contributed by atoms with Crippen LogP contribution in [0.2, 0.25) is 0 Å². The minimum Gasteiger partial charge on any atom is -0.493 e. The quantitative estimate of drug-likeness (QED) is 0.0813. The number of carbonyl (C=O) groups is 2. The van der Waals surface area contributed by atoms with E-state index in [0.29, 0.717) is 47.6 Å². The van der Waals surface area contributed by atoms with E-state index in [1.165, 1.54) is 12.2 Å². The fourth-order valence-corrected chi connectivity index (χ4v) is 6.09. The predicted octanol–water partition coefficient (Wildman–Crippen LogP) is 7.87. The number of ether oxygens (including phenoxy) is 3. The largest absolute Gasteiger partial charge is 0.493 e. The summed E-state index contributed by atoms with van der Waals surface area (Å²) in [5.41, 5.74) is -6.67. The molecule has 2 N–H and O–H groups in total. The normalized spacial score (nSPS) is 17.9. The second-order valence-electron chi connectivity index (χ2n) is 12.0. The maximum Gasteiger partial charge on any atom is 0.430 e. The van der Waals surface area contributed by atoms with Crippen molar-refractivity contribution in [1.29, 1.82) is 0 Å². The highest BCUT2D eigenvalue weighted by Gasteiger charge is 2.71. The van der Waals surface area contributed by atoms with Crippen molar-refractivity contribution >= 4 is 24.1 Å². The second kappa shape index (κ2) is 14.3. The maximum absolute atomic E-state index is 13.9. The Labute approximate surface area is 284 Å². The van der Waals surface area contributed by atoms with Crippen molar-refractivity contribution in [2.45, 2.75) is 69.4 Å². The van der Waals surface area contributed by atoms with Crippen molar-refractivity contribution in [3.8, 4) is 17.2 Å². The van der Waals surface area contributed by atoms with Crippen molar-refractivity contribution in [1.82, 2.24) is 10.2 Å². The van der Waals surface area contributed by atoms with Crippen LogP contribution in [0.25, 0.3) is 12.2 Å². The van der Waals surface area contributed by atoms with E-state index in [2.05, 4.69) is 5.32 Å². The lowest BCUT2D eigenvalue weighted by molar-refractivity contribution is -0.376. The molecule has 0 saturated carbocycles. The van der Waals surface area contributed by atoms with Gasteiger partial charge in [-0.3, -0.25) is 9.69 Å². The smallest absolute Gasteiger partial charge is 0.430 e. The Hall–Kier alpha value is -4.72. The molecule has 0 bridgehead atoms. The summed E-state index contributed by atoms with van der Waals surface area (Å²) in [5.74, 6) is 0.612. The molecule has 50 heavy (non-hydrogen) atoms. The van der Waals surface area contributed by atoms with E-state index in [-0.39, 0.29) is 56.1 Å². The zero-order valence-corrected chi connectivity index (χ0v) is 27.3. The number of aliphatic hydroxyl groups is 1. The standard InChI is InChI=1S/C36H36F6N2O6/c1-3-10-24-19-27(34(47,35(37,38)39)36(40,41)42)20-25(14-13-23-11-6-5-7-12-23)30(24)48-18-9-8-17-44-31(45)33(4-2,43-32(44)46)26-15-16-28-29(21-26)50-22-49-28/h5-7,11-16,19-21,47H,3-4,8-10,17-18,22H2,1-2H3,(H,43,46)/b14-13+. The summed E-state index contributed by atoms with van der Waals surface area (Å²) in [6, 6.07) is 14.4.